The van der Waals surface area contributed by atoms with Crippen molar-refractivity contribution in [3.05, 3.63) is 12.7 Å². The first kappa shape index (κ1) is 24.7. The number of imidazole rings is 1. The molecule has 0 fully saturated rings. The third-order valence-electron chi connectivity index (χ3n) is 4.39. The molecule has 0 saturated carbocycles. The lowest BCUT2D eigenvalue weighted by molar-refractivity contribution is -0.141. The second kappa shape index (κ2) is 10.2. The number of anilines is 1. The van der Waals surface area contributed by atoms with Gasteiger partial charge in [-0.1, -0.05) is 5.16 Å². The van der Waals surface area contributed by atoms with Gasteiger partial charge in [-0.3, -0.25) is 9.36 Å². The number of carbonyl (C=O) groups is 1. The SMILES string of the molecule is CC(C)=NOP(=O)(CO[C@H](C)Cn1cnc2c(N)ncnc21)N(C(C)C)[C@@H](C)C(=O)O. The first-order valence-corrected chi connectivity index (χ1v) is 11.6. The summed E-state index contributed by atoms with van der Waals surface area (Å²) < 4.78 is 28.0. The van der Waals surface area contributed by atoms with Crippen LogP contribution in [0.25, 0.3) is 11.2 Å². The minimum Gasteiger partial charge on any atom is -0.480 e. The van der Waals surface area contributed by atoms with Gasteiger partial charge in [0.25, 0.3) is 0 Å². The first-order chi connectivity index (χ1) is 14.5. The maximum absolute atomic E-state index is 13.7. The smallest absolute Gasteiger partial charge is 0.367 e. The molecule has 0 saturated heterocycles. The van der Waals surface area contributed by atoms with E-state index in [1.165, 1.54) is 17.9 Å². The Labute approximate surface area is 180 Å². The number of hydrogen-bond donors (Lipinski definition) is 2. The van der Waals surface area contributed by atoms with E-state index in [0.29, 0.717) is 23.4 Å². The molecule has 2 aromatic rings. The van der Waals surface area contributed by atoms with Crippen molar-refractivity contribution >= 4 is 36.2 Å². The predicted octanol–water partition coefficient (Wildman–Crippen LogP) is 2.56. The molecule has 1 unspecified atom stereocenters. The molecule has 13 heteroatoms. The molecule has 0 aliphatic carbocycles. The molecule has 2 aromatic heterocycles. The van der Waals surface area contributed by atoms with Gasteiger partial charge in [0.05, 0.1) is 24.7 Å². The number of aliphatic carboxylic acids is 1. The van der Waals surface area contributed by atoms with E-state index in [4.69, 9.17) is 15.1 Å². The number of carboxylic acid groups (broad SMARTS) is 1. The van der Waals surface area contributed by atoms with Crippen molar-refractivity contribution in [3.8, 4) is 0 Å². The fourth-order valence-electron chi connectivity index (χ4n) is 3.04. The summed E-state index contributed by atoms with van der Waals surface area (Å²) >= 11 is 0. The van der Waals surface area contributed by atoms with Crippen LogP contribution in [-0.2, 0) is 25.3 Å². The van der Waals surface area contributed by atoms with Crippen LogP contribution in [0, 0.1) is 0 Å². The first-order valence-electron chi connectivity index (χ1n) is 9.79. The van der Waals surface area contributed by atoms with Gasteiger partial charge in [-0.25, -0.2) is 19.6 Å². The van der Waals surface area contributed by atoms with Gasteiger partial charge in [-0.05, 0) is 41.5 Å². The van der Waals surface area contributed by atoms with E-state index < -0.39 is 25.6 Å². The van der Waals surface area contributed by atoms with Gasteiger partial charge in [0, 0.05) is 6.04 Å². The summed E-state index contributed by atoms with van der Waals surface area (Å²) in [7, 11) is -3.78. The molecule has 12 nitrogen and oxygen atoms in total. The molecule has 2 heterocycles. The summed E-state index contributed by atoms with van der Waals surface area (Å²) in [6, 6.07) is -1.45. The van der Waals surface area contributed by atoms with Gasteiger partial charge < -0.3 is 24.8 Å². The fourth-order valence-corrected chi connectivity index (χ4v) is 5.37. The van der Waals surface area contributed by atoms with Crippen molar-refractivity contribution in [2.24, 2.45) is 5.16 Å². The highest BCUT2D eigenvalue weighted by Gasteiger charge is 2.42. The Morgan fingerprint density at radius 1 is 1.29 bits per heavy atom. The molecular formula is C18H30N7O5P. The van der Waals surface area contributed by atoms with E-state index in [2.05, 4.69) is 20.1 Å². The Bertz CT molecular complexity index is 989. The lowest BCUT2D eigenvalue weighted by atomic mass is 10.3. The largest absolute Gasteiger partial charge is 0.480 e. The van der Waals surface area contributed by atoms with Crippen LogP contribution in [0.3, 0.4) is 0 Å². The number of nitrogens with two attached hydrogens (primary N) is 1. The van der Waals surface area contributed by atoms with Crippen molar-refractivity contribution in [3.63, 3.8) is 0 Å². The minimum absolute atomic E-state index is 0.276. The zero-order chi connectivity index (χ0) is 23.3. The molecule has 172 valence electrons. The van der Waals surface area contributed by atoms with Gasteiger partial charge in [0.1, 0.15) is 24.2 Å². The van der Waals surface area contributed by atoms with Crippen molar-refractivity contribution in [1.29, 1.82) is 0 Å². The molecule has 3 atom stereocenters. The van der Waals surface area contributed by atoms with Gasteiger partial charge in [0.2, 0.25) is 0 Å². The number of carboxylic acids is 1. The number of ether oxygens (including phenoxy) is 1. The Hall–Kier alpha value is -2.56. The van der Waals surface area contributed by atoms with Crippen LogP contribution in [-0.4, -0.2) is 65.5 Å². The number of nitrogens with zero attached hydrogens (tertiary/aromatic N) is 6. The van der Waals surface area contributed by atoms with E-state index in [0.717, 1.165) is 0 Å². The minimum atomic E-state index is -3.78. The van der Waals surface area contributed by atoms with Gasteiger partial charge in [-0.15, -0.1) is 0 Å². The van der Waals surface area contributed by atoms with E-state index in [1.807, 2.05) is 0 Å². The van der Waals surface area contributed by atoms with Crippen molar-refractivity contribution < 1.29 is 23.8 Å². The Morgan fingerprint density at radius 3 is 2.55 bits per heavy atom. The average molecular weight is 455 g/mol. The topological polar surface area (TPSA) is 158 Å². The van der Waals surface area contributed by atoms with Crippen LogP contribution in [0.1, 0.15) is 41.5 Å². The van der Waals surface area contributed by atoms with Gasteiger partial charge >= 0.3 is 13.5 Å². The normalized spacial score (nSPS) is 15.6. The molecule has 0 radical (unpaired) electrons. The predicted molar refractivity (Wildman–Crippen MR) is 117 cm³/mol. The molecule has 3 N–H and O–H groups in total. The van der Waals surface area contributed by atoms with E-state index >= 15 is 0 Å². The van der Waals surface area contributed by atoms with E-state index in [1.54, 1.807) is 45.5 Å². The number of rotatable bonds is 11. The highest BCUT2D eigenvalue weighted by atomic mass is 31.2. The van der Waals surface area contributed by atoms with E-state index in [9.17, 15) is 14.5 Å². The van der Waals surface area contributed by atoms with Gasteiger partial charge in [-0.2, -0.15) is 0 Å². The monoisotopic (exact) mass is 455 g/mol. The molecule has 2 rings (SSSR count). The third-order valence-corrected chi connectivity index (χ3v) is 6.72. The van der Waals surface area contributed by atoms with E-state index in [-0.39, 0.29) is 18.2 Å². The van der Waals surface area contributed by atoms with Crippen LogP contribution < -0.4 is 5.73 Å². The highest BCUT2D eigenvalue weighted by Crippen LogP contribution is 2.54. The molecule has 0 aromatic carbocycles. The quantitative estimate of drug-likeness (QED) is 0.293. The summed E-state index contributed by atoms with van der Waals surface area (Å²) in [5.74, 6) is -0.844. The highest BCUT2D eigenvalue weighted by molar-refractivity contribution is 7.56. The molecule has 0 bridgehead atoms. The second-order valence-electron chi connectivity index (χ2n) is 7.68. The van der Waals surface area contributed by atoms with Crippen LogP contribution in [0.2, 0.25) is 0 Å². The number of hydrogen-bond acceptors (Lipinski definition) is 9. The summed E-state index contributed by atoms with van der Waals surface area (Å²) in [6.07, 6.45) is 2.15. The summed E-state index contributed by atoms with van der Waals surface area (Å²) in [4.78, 5) is 23.9. The Kier molecular flexibility index (Phi) is 8.10. The van der Waals surface area contributed by atoms with Crippen molar-refractivity contribution in [2.75, 3.05) is 12.1 Å². The lowest BCUT2D eigenvalue weighted by Crippen LogP contribution is -2.42. The Morgan fingerprint density at radius 2 is 1.97 bits per heavy atom. The van der Waals surface area contributed by atoms with Crippen LogP contribution in [0.15, 0.2) is 17.8 Å². The molecule has 0 aliphatic heterocycles. The van der Waals surface area contributed by atoms with Gasteiger partial charge in [0.15, 0.2) is 11.5 Å². The van der Waals surface area contributed by atoms with Crippen LogP contribution in [0.4, 0.5) is 5.82 Å². The van der Waals surface area contributed by atoms with Crippen LogP contribution in [0.5, 0.6) is 0 Å². The van der Waals surface area contributed by atoms with Crippen LogP contribution >= 0.6 is 7.52 Å². The second-order valence-corrected chi connectivity index (χ2v) is 9.84. The molecular weight excluding hydrogens is 425 g/mol. The molecule has 0 aliphatic rings. The summed E-state index contributed by atoms with van der Waals surface area (Å²) in [6.45, 7) is 10.4. The number of fused-ring (bicyclic) bond motifs is 1. The molecule has 0 amide bonds. The maximum atomic E-state index is 13.7. The fraction of sp³-hybridized carbons (Fsp3) is 0.611. The number of nitrogen functional groups attached to an aromatic ring is 1. The zero-order valence-corrected chi connectivity index (χ0v) is 19.5. The number of aromatic nitrogens is 4. The standard InChI is InChI=1S/C18H30N7O5P/c1-11(2)23-30-31(28,25(12(3)4)14(6)18(26)27)10-29-13(5)7-24-9-22-15-16(19)20-8-21-17(15)24/h8-9,12-14H,7,10H2,1-6H3,(H,26,27)(H2,19,20,21)/t13-,14+,31?/m1/s1. The third kappa shape index (κ3) is 5.99. The lowest BCUT2D eigenvalue weighted by Gasteiger charge is -2.35. The molecule has 31 heavy (non-hydrogen) atoms. The summed E-state index contributed by atoms with van der Waals surface area (Å²) in [5.41, 5.74) is 7.39. The van der Waals surface area contributed by atoms with Crippen molar-refractivity contribution in [1.82, 2.24) is 24.2 Å². The summed E-state index contributed by atoms with van der Waals surface area (Å²) in [5, 5.41) is 13.3. The van der Waals surface area contributed by atoms with Crippen molar-refractivity contribution in [2.45, 2.75) is 66.3 Å². The Balaban J connectivity index is 2.21. The zero-order valence-electron chi connectivity index (χ0n) is 18.6. The number of oxime groups is 1. The molecule has 0 spiro atoms. The maximum Gasteiger partial charge on any atom is 0.367 e. The average Bonchev–Trinajstić information content (AvgIpc) is 3.09.